The molecule has 13 heavy (non-hydrogen) atoms. The van der Waals surface area contributed by atoms with Crippen molar-refractivity contribution in [3.8, 4) is 0 Å². The molecular formula is C9H13ClO3. The maximum atomic E-state index is 11.1. The minimum Gasteiger partial charge on any atom is -0.457 e. The molecule has 0 saturated heterocycles. The van der Waals surface area contributed by atoms with E-state index < -0.39 is 6.29 Å². The quantitative estimate of drug-likeness (QED) is 0.485. The third-order valence-corrected chi connectivity index (χ3v) is 1.86. The van der Waals surface area contributed by atoms with E-state index in [1.54, 1.807) is 0 Å². The number of esters is 1. The Labute approximate surface area is 82.7 Å². The highest BCUT2D eigenvalue weighted by molar-refractivity contribution is 6.19. The van der Waals surface area contributed by atoms with Crippen molar-refractivity contribution in [1.82, 2.24) is 0 Å². The first-order chi connectivity index (χ1) is 5.93. The number of hydrogen-bond acceptors (Lipinski definition) is 3. The first-order valence-corrected chi connectivity index (χ1v) is 4.61. The molecule has 0 N–H and O–H groups in total. The van der Waals surface area contributed by atoms with Gasteiger partial charge in [-0.2, -0.15) is 0 Å². The van der Waals surface area contributed by atoms with Gasteiger partial charge in [-0.15, -0.1) is 11.6 Å². The smallest absolute Gasteiger partial charge is 0.337 e. The van der Waals surface area contributed by atoms with Gasteiger partial charge in [0.1, 0.15) is 5.76 Å². The van der Waals surface area contributed by atoms with Gasteiger partial charge in [-0.05, 0) is 0 Å². The van der Waals surface area contributed by atoms with Crippen LogP contribution in [0.3, 0.4) is 0 Å². The summed E-state index contributed by atoms with van der Waals surface area (Å²) in [7, 11) is 0. The van der Waals surface area contributed by atoms with E-state index in [9.17, 15) is 4.79 Å². The van der Waals surface area contributed by atoms with Crippen LogP contribution in [0.4, 0.5) is 0 Å². The maximum Gasteiger partial charge on any atom is 0.337 e. The third-order valence-electron chi connectivity index (χ3n) is 1.60. The van der Waals surface area contributed by atoms with Crippen LogP contribution in [0, 0.1) is 5.41 Å². The van der Waals surface area contributed by atoms with Crippen LogP contribution in [0.5, 0.6) is 0 Å². The fourth-order valence-corrected chi connectivity index (χ4v) is 1.03. The van der Waals surface area contributed by atoms with E-state index in [1.165, 1.54) is 6.08 Å². The molecule has 0 saturated carbocycles. The Morgan fingerprint density at radius 2 is 2.08 bits per heavy atom. The summed E-state index contributed by atoms with van der Waals surface area (Å²) in [5.41, 5.74) is -0.235. The Bertz CT molecular complexity index is 240. The first kappa shape index (κ1) is 10.4. The highest BCUT2D eigenvalue weighted by atomic mass is 35.5. The lowest BCUT2D eigenvalue weighted by Gasteiger charge is -2.32. The number of cyclic esters (lactones) is 1. The number of halogens is 1. The molecule has 0 aliphatic carbocycles. The summed E-state index contributed by atoms with van der Waals surface area (Å²) in [6.07, 6.45) is 0.730. The first-order valence-electron chi connectivity index (χ1n) is 4.07. The van der Waals surface area contributed by atoms with Crippen molar-refractivity contribution >= 4 is 17.6 Å². The van der Waals surface area contributed by atoms with E-state index in [2.05, 4.69) is 0 Å². The number of hydrogen-bond donors (Lipinski definition) is 0. The average Bonchev–Trinajstić information content (AvgIpc) is 2.01. The van der Waals surface area contributed by atoms with E-state index in [1.807, 2.05) is 20.8 Å². The summed E-state index contributed by atoms with van der Waals surface area (Å²) in [5, 5.41) is 0. The van der Waals surface area contributed by atoms with Crippen LogP contribution in [-0.4, -0.2) is 18.1 Å². The normalized spacial score (nSPS) is 23.2. The van der Waals surface area contributed by atoms with E-state index in [0.29, 0.717) is 5.76 Å². The number of carbonyl (C=O) groups is 1. The van der Waals surface area contributed by atoms with Crippen LogP contribution in [0.15, 0.2) is 11.8 Å². The fraction of sp³-hybridized carbons (Fsp3) is 0.667. The van der Waals surface area contributed by atoms with Gasteiger partial charge in [0.25, 0.3) is 0 Å². The number of alkyl halides is 1. The monoisotopic (exact) mass is 204 g/mol. The molecule has 4 heteroatoms. The molecule has 1 aliphatic rings. The molecule has 0 radical (unpaired) electrons. The highest BCUT2D eigenvalue weighted by Gasteiger charge is 2.33. The second kappa shape index (κ2) is 3.58. The number of ether oxygens (including phenoxy) is 2. The van der Waals surface area contributed by atoms with Gasteiger partial charge in [-0.1, -0.05) is 20.8 Å². The zero-order valence-corrected chi connectivity index (χ0v) is 8.72. The van der Waals surface area contributed by atoms with Crippen LogP contribution < -0.4 is 0 Å². The maximum absolute atomic E-state index is 11.1. The number of carbonyl (C=O) groups excluding carboxylic acids is 1. The van der Waals surface area contributed by atoms with Crippen molar-refractivity contribution in [2.45, 2.75) is 27.1 Å². The van der Waals surface area contributed by atoms with Crippen molar-refractivity contribution in [2.75, 3.05) is 5.88 Å². The standard InChI is InChI=1S/C9H13ClO3/c1-9(2,3)8-12-6(5-10)4-7(11)13-8/h4,8H,5H2,1-3H3. The van der Waals surface area contributed by atoms with Crippen LogP contribution >= 0.6 is 11.6 Å². The lowest BCUT2D eigenvalue weighted by atomic mass is 9.95. The zero-order chi connectivity index (χ0) is 10.1. The molecule has 0 fully saturated rings. The van der Waals surface area contributed by atoms with E-state index >= 15 is 0 Å². The molecule has 1 heterocycles. The molecule has 0 amide bonds. The summed E-state index contributed by atoms with van der Waals surface area (Å²) in [4.78, 5) is 11.1. The molecule has 1 rings (SSSR count). The minimum atomic E-state index is -0.543. The van der Waals surface area contributed by atoms with Gasteiger partial charge in [0.2, 0.25) is 6.29 Å². The van der Waals surface area contributed by atoms with Crippen LogP contribution in [-0.2, 0) is 14.3 Å². The van der Waals surface area contributed by atoms with Crippen molar-refractivity contribution in [2.24, 2.45) is 5.41 Å². The van der Waals surface area contributed by atoms with Crippen molar-refractivity contribution in [3.05, 3.63) is 11.8 Å². The van der Waals surface area contributed by atoms with Gasteiger partial charge in [-0.25, -0.2) is 4.79 Å². The topological polar surface area (TPSA) is 35.5 Å². The highest BCUT2D eigenvalue weighted by Crippen LogP contribution is 2.28. The van der Waals surface area contributed by atoms with Crippen molar-refractivity contribution < 1.29 is 14.3 Å². The van der Waals surface area contributed by atoms with Gasteiger partial charge in [0, 0.05) is 5.41 Å². The second-order valence-corrected chi connectivity index (χ2v) is 4.26. The molecule has 0 bridgehead atoms. The van der Waals surface area contributed by atoms with Gasteiger partial charge >= 0.3 is 5.97 Å². The molecule has 3 nitrogen and oxygen atoms in total. The third kappa shape index (κ3) is 2.62. The molecule has 0 spiro atoms. The van der Waals surface area contributed by atoms with E-state index in [0.717, 1.165) is 0 Å². The van der Waals surface area contributed by atoms with Crippen LogP contribution in [0.25, 0.3) is 0 Å². The predicted molar refractivity (Wildman–Crippen MR) is 49.2 cm³/mol. The molecule has 0 aromatic rings. The van der Waals surface area contributed by atoms with E-state index in [-0.39, 0.29) is 17.3 Å². The van der Waals surface area contributed by atoms with Crippen LogP contribution in [0.1, 0.15) is 20.8 Å². The Morgan fingerprint density at radius 3 is 2.54 bits per heavy atom. The Balaban J connectivity index is 2.75. The largest absolute Gasteiger partial charge is 0.457 e. The Hall–Kier alpha value is -0.700. The Morgan fingerprint density at radius 1 is 1.46 bits per heavy atom. The number of rotatable bonds is 1. The molecule has 1 unspecified atom stereocenters. The predicted octanol–water partition coefficient (Wildman–Crippen LogP) is 2.05. The summed E-state index contributed by atoms with van der Waals surface area (Å²) >= 11 is 5.56. The summed E-state index contributed by atoms with van der Waals surface area (Å²) in [6.45, 7) is 5.80. The molecule has 1 atom stereocenters. The molecule has 74 valence electrons. The zero-order valence-electron chi connectivity index (χ0n) is 7.96. The molecule has 1 aliphatic heterocycles. The van der Waals surface area contributed by atoms with E-state index in [4.69, 9.17) is 21.1 Å². The van der Waals surface area contributed by atoms with Crippen molar-refractivity contribution in [3.63, 3.8) is 0 Å². The Kier molecular flexibility index (Phi) is 2.86. The molecule has 0 aromatic heterocycles. The fourth-order valence-electron chi connectivity index (χ4n) is 0.890. The van der Waals surface area contributed by atoms with Gasteiger partial charge in [0.15, 0.2) is 0 Å². The lowest BCUT2D eigenvalue weighted by molar-refractivity contribution is -0.194. The van der Waals surface area contributed by atoms with Crippen LogP contribution in [0.2, 0.25) is 0 Å². The minimum absolute atomic E-state index is 0.196. The van der Waals surface area contributed by atoms with Gasteiger partial charge in [0.05, 0.1) is 12.0 Å². The van der Waals surface area contributed by atoms with Crippen molar-refractivity contribution in [1.29, 1.82) is 0 Å². The summed E-state index contributed by atoms with van der Waals surface area (Å²) < 4.78 is 10.3. The second-order valence-electron chi connectivity index (χ2n) is 4.00. The molecular weight excluding hydrogens is 192 g/mol. The SMILES string of the molecule is CC(C)(C)C1OC(=O)C=C(CCl)O1. The van der Waals surface area contributed by atoms with Gasteiger partial charge in [-0.3, -0.25) is 0 Å². The number of allylic oxidation sites excluding steroid dienone is 1. The average molecular weight is 205 g/mol. The summed E-state index contributed by atoms with van der Waals surface area (Å²) in [6, 6.07) is 0. The van der Waals surface area contributed by atoms with Gasteiger partial charge < -0.3 is 9.47 Å². The summed E-state index contributed by atoms with van der Waals surface area (Å²) in [5.74, 6) is 0.279. The lowest BCUT2D eigenvalue weighted by Crippen LogP contribution is -2.36. The molecule has 0 aromatic carbocycles.